The van der Waals surface area contributed by atoms with E-state index in [0.717, 1.165) is 5.69 Å². The van der Waals surface area contributed by atoms with Gasteiger partial charge in [-0.15, -0.1) is 0 Å². The summed E-state index contributed by atoms with van der Waals surface area (Å²) in [4.78, 5) is 29.8. The number of hydrogen-bond donors (Lipinski definition) is 0. The zero-order valence-electron chi connectivity index (χ0n) is 13.2. The van der Waals surface area contributed by atoms with Gasteiger partial charge in [-0.1, -0.05) is 41.4 Å². The van der Waals surface area contributed by atoms with E-state index in [2.05, 4.69) is 4.98 Å². The van der Waals surface area contributed by atoms with Gasteiger partial charge in [0.1, 0.15) is 5.15 Å². The van der Waals surface area contributed by atoms with E-state index in [0.29, 0.717) is 0 Å². The first kappa shape index (κ1) is 18.2. The zero-order valence-corrected chi connectivity index (χ0v) is 14.7. The van der Waals surface area contributed by atoms with Gasteiger partial charge in [0.05, 0.1) is 10.6 Å². The van der Waals surface area contributed by atoms with E-state index >= 15 is 0 Å². The minimum atomic E-state index is -0.689. The molecule has 0 spiro atoms. The van der Waals surface area contributed by atoms with Crippen molar-refractivity contribution in [3.05, 3.63) is 58.3 Å². The van der Waals surface area contributed by atoms with E-state index in [9.17, 15) is 9.59 Å². The van der Waals surface area contributed by atoms with Gasteiger partial charge >= 0.3 is 5.97 Å². The predicted molar refractivity (Wildman–Crippen MR) is 93.6 cm³/mol. The Kier molecular flexibility index (Phi) is 6.17. The fraction of sp³-hybridized carbons (Fsp3) is 0.235. The van der Waals surface area contributed by atoms with Crippen molar-refractivity contribution in [1.29, 1.82) is 0 Å². The number of esters is 1. The Labute approximate surface area is 150 Å². The standard InChI is InChI=1S/C17H16Cl2N2O3/c1-11(2)21(13-6-4-3-5-7-13)15(22)10-24-17(23)12-8-14(18)16(19)20-9-12/h3-9,11H,10H2,1-2H3. The number of carbonyl (C=O) groups is 2. The van der Waals surface area contributed by atoms with Crippen molar-refractivity contribution in [2.75, 3.05) is 11.5 Å². The molecule has 1 heterocycles. The molecule has 0 radical (unpaired) electrons. The number of anilines is 1. The molecule has 7 heteroatoms. The van der Waals surface area contributed by atoms with E-state index in [1.165, 1.54) is 12.3 Å². The first-order valence-corrected chi connectivity index (χ1v) is 8.01. The van der Waals surface area contributed by atoms with Crippen molar-refractivity contribution >= 4 is 40.8 Å². The Morgan fingerprint density at radius 1 is 1.21 bits per heavy atom. The molecule has 0 saturated carbocycles. The van der Waals surface area contributed by atoms with Crippen LogP contribution in [0.5, 0.6) is 0 Å². The molecule has 5 nitrogen and oxygen atoms in total. The molecule has 24 heavy (non-hydrogen) atoms. The van der Waals surface area contributed by atoms with Crippen LogP contribution in [0.25, 0.3) is 0 Å². The molecule has 0 atom stereocenters. The van der Waals surface area contributed by atoms with Gasteiger partial charge in [-0.25, -0.2) is 9.78 Å². The van der Waals surface area contributed by atoms with E-state index < -0.39 is 5.97 Å². The summed E-state index contributed by atoms with van der Waals surface area (Å²) >= 11 is 11.5. The third-order valence-corrected chi connectivity index (χ3v) is 3.86. The summed E-state index contributed by atoms with van der Waals surface area (Å²) < 4.78 is 5.07. The fourth-order valence-electron chi connectivity index (χ4n) is 2.13. The first-order valence-electron chi connectivity index (χ1n) is 7.25. The molecule has 1 aromatic heterocycles. The number of nitrogens with zero attached hydrogens (tertiary/aromatic N) is 2. The predicted octanol–water partition coefficient (Wildman–Crippen LogP) is 3.99. The molecule has 2 rings (SSSR count). The number of carbonyl (C=O) groups excluding carboxylic acids is 2. The summed E-state index contributed by atoms with van der Waals surface area (Å²) in [7, 11) is 0. The highest BCUT2D eigenvalue weighted by Gasteiger charge is 2.21. The van der Waals surface area contributed by atoms with Crippen LogP contribution in [0.3, 0.4) is 0 Å². The number of halogens is 2. The Bertz CT molecular complexity index is 736. The van der Waals surface area contributed by atoms with Gasteiger partial charge in [0.15, 0.2) is 6.61 Å². The molecule has 126 valence electrons. The molecule has 0 N–H and O–H groups in total. The van der Waals surface area contributed by atoms with Gasteiger partial charge in [-0.2, -0.15) is 0 Å². The van der Waals surface area contributed by atoms with E-state index in [1.807, 2.05) is 44.2 Å². The lowest BCUT2D eigenvalue weighted by atomic mass is 10.2. The van der Waals surface area contributed by atoms with Crippen LogP contribution in [0.15, 0.2) is 42.6 Å². The minimum absolute atomic E-state index is 0.0785. The van der Waals surface area contributed by atoms with Crippen LogP contribution >= 0.6 is 23.2 Å². The van der Waals surface area contributed by atoms with Crippen molar-refractivity contribution in [1.82, 2.24) is 4.98 Å². The van der Waals surface area contributed by atoms with Crippen LogP contribution in [0, 0.1) is 0 Å². The molecule has 0 aliphatic carbocycles. The number of aromatic nitrogens is 1. The lowest BCUT2D eigenvalue weighted by Gasteiger charge is -2.26. The summed E-state index contributed by atoms with van der Waals surface area (Å²) in [5.41, 5.74) is 0.873. The largest absolute Gasteiger partial charge is 0.452 e. The third-order valence-electron chi connectivity index (χ3n) is 3.18. The Morgan fingerprint density at radius 2 is 1.88 bits per heavy atom. The minimum Gasteiger partial charge on any atom is -0.452 e. The van der Waals surface area contributed by atoms with Crippen molar-refractivity contribution < 1.29 is 14.3 Å². The van der Waals surface area contributed by atoms with E-state index in [-0.39, 0.29) is 34.3 Å². The molecule has 1 aromatic carbocycles. The number of para-hydroxylation sites is 1. The van der Waals surface area contributed by atoms with Gasteiger partial charge in [0, 0.05) is 17.9 Å². The number of pyridine rings is 1. The first-order chi connectivity index (χ1) is 11.4. The van der Waals surface area contributed by atoms with Crippen LogP contribution in [0.4, 0.5) is 5.69 Å². The molecular formula is C17H16Cl2N2O3. The van der Waals surface area contributed by atoms with Gasteiger partial charge in [0.25, 0.3) is 5.91 Å². The molecule has 0 aliphatic rings. The van der Waals surface area contributed by atoms with Crippen LogP contribution in [-0.2, 0) is 9.53 Å². The second-order valence-corrected chi connectivity index (χ2v) is 6.03. The highest BCUT2D eigenvalue weighted by atomic mass is 35.5. The molecule has 2 aromatic rings. The number of rotatable bonds is 5. The lowest BCUT2D eigenvalue weighted by Crippen LogP contribution is -2.39. The maximum Gasteiger partial charge on any atom is 0.340 e. The van der Waals surface area contributed by atoms with E-state index in [1.54, 1.807) is 4.90 Å². The fourth-order valence-corrected chi connectivity index (χ4v) is 2.40. The van der Waals surface area contributed by atoms with Gasteiger partial charge in [-0.3, -0.25) is 4.79 Å². The quantitative estimate of drug-likeness (QED) is 0.592. The average molecular weight is 367 g/mol. The SMILES string of the molecule is CC(C)N(C(=O)COC(=O)c1cnc(Cl)c(Cl)c1)c1ccccc1. The Morgan fingerprint density at radius 3 is 2.46 bits per heavy atom. The molecule has 0 saturated heterocycles. The lowest BCUT2D eigenvalue weighted by molar-refractivity contribution is -0.122. The molecular weight excluding hydrogens is 351 g/mol. The number of hydrogen-bond acceptors (Lipinski definition) is 4. The van der Waals surface area contributed by atoms with Crippen LogP contribution in [0.2, 0.25) is 10.2 Å². The van der Waals surface area contributed by atoms with Crippen molar-refractivity contribution in [2.45, 2.75) is 19.9 Å². The highest BCUT2D eigenvalue weighted by molar-refractivity contribution is 6.41. The summed E-state index contributed by atoms with van der Waals surface area (Å²) in [6.07, 6.45) is 1.25. The second kappa shape index (κ2) is 8.13. The van der Waals surface area contributed by atoms with E-state index in [4.69, 9.17) is 27.9 Å². The van der Waals surface area contributed by atoms with Crippen molar-refractivity contribution in [3.63, 3.8) is 0 Å². The number of ether oxygens (including phenoxy) is 1. The maximum absolute atomic E-state index is 12.4. The summed E-state index contributed by atoms with van der Waals surface area (Å²) in [5.74, 6) is -1.01. The van der Waals surface area contributed by atoms with Crippen molar-refractivity contribution in [3.8, 4) is 0 Å². The number of amides is 1. The molecule has 0 bridgehead atoms. The van der Waals surface area contributed by atoms with Gasteiger partial charge in [-0.05, 0) is 32.0 Å². The van der Waals surface area contributed by atoms with Gasteiger partial charge in [0.2, 0.25) is 0 Å². The molecule has 0 unspecified atom stereocenters. The monoisotopic (exact) mass is 366 g/mol. The van der Waals surface area contributed by atoms with Crippen LogP contribution in [-0.4, -0.2) is 29.5 Å². The zero-order chi connectivity index (χ0) is 17.7. The second-order valence-electron chi connectivity index (χ2n) is 5.27. The van der Waals surface area contributed by atoms with Gasteiger partial charge < -0.3 is 9.64 Å². The topological polar surface area (TPSA) is 59.5 Å². The van der Waals surface area contributed by atoms with Crippen LogP contribution in [0.1, 0.15) is 24.2 Å². The summed E-state index contributed by atoms with van der Waals surface area (Å²) in [6.45, 7) is 3.39. The molecule has 0 fully saturated rings. The van der Waals surface area contributed by atoms with Crippen LogP contribution < -0.4 is 4.90 Å². The normalized spacial score (nSPS) is 10.5. The highest BCUT2D eigenvalue weighted by Crippen LogP contribution is 2.20. The summed E-state index contributed by atoms with van der Waals surface area (Å²) in [5, 5.41) is 0.241. The number of benzene rings is 1. The van der Waals surface area contributed by atoms with Crippen molar-refractivity contribution in [2.24, 2.45) is 0 Å². The average Bonchev–Trinajstić information content (AvgIpc) is 2.56. The Balaban J connectivity index is 2.05. The maximum atomic E-state index is 12.4. The molecule has 1 amide bonds. The smallest absolute Gasteiger partial charge is 0.340 e. The third kappa shape index (κ3) is 4.46. The summed E-state index contributed by atoms with van der Waals surface area (Å²) in [6, 6.07) is 10.5. The molecule has 0 aliphatic heterocycles. The Hall–Kier alpha value is -2.11.